The van der Waals surface area contributed by atoms with Crippen molar-refractivity contribution in [3.8, 4) is 0 Å². The fourth-order valence-electron chi connectivity index (χ4n) is 3.56. The molecule has 0 bridgehead atoms. The SMILES string of the molecule is O=C(CC1C=CCC1)NC1CC(=O)N(CCN2CCOCC2)C1. The van der Waals surface area contributed by atoms with Crippen molar-refractivity contribution in [2.24, 2.45) is 5.92 Å². The Kier molecular flexibility index (Phi) is 5.67. The van der Waals surface area contributed by atoms with E-state index in [9.17, 15) is 9.59 Å². The monoisotopic (exact) mass is 321 g/mol. The van der Waals surface area contributed by atoms with Gasteiger partial charge in [-0.15, -0.1) is 0 Å². The lowest BCUT2D eigenvalue weighted by Crippen LogP contribution is -2.43. The minimum absolute atomic E-state index is 0.0231. The molecule has 0 radical (unpaired) electrons. The number of carbonyl (C=O) groups excluding carboxylic acids is 2. The second-order valence-corrected chi connectivity index (χ2v) is 6.73. The van der Waals surface area contributed by atoms with Crippen LogP contribution >= 0.6 is 0 Å². The smallest absolute Gasteiger partial charge is 0.224 e. The highest BCUT2D eigenvalue weighted by atomic mass is 16.5. The Labute approximate surface area is 137 Å². The van der Waals surface area contributed by atoms with Gasteiger partial charge < -0.3 is 15.0 Å². The Morgan fingerprint density at radius 1 is 1.30 bits per heavy atom. The molecule has 23 heavy (non-hydrogen) atoms. The molecule has 2 saturated heterocycles. The number of nitrogens with one attached hydrogen (secondary N) is 1. The van der Waals surface area contributed by atoms with Crippen molar-refractivity contribution in [1.82, 2.24) is 15.1 Å². The average Bonchev–Trinajstić information content (AvgIpc) is 3.16. The first-order valence-electron chi connectivity index (χ1n) is 8.74. The van der Waals surface area contributed by atoms with E-state index in [2.05, 4.69) is 22.4 Å². The largest absolute Gasteiger partial charge is 0.379 e. The summed E-state index contributed by atoms with van der Waals surface area (Å²) in [6.45, 7) is 5.73. The van der Waals surface area contributed by atoms with Crippen molar-refractivity contribution < 1.29 is 14.3 Å². The number of morpholine rings is 1. The zero-order valence-electron chi connectivity index (χ0n) is 13.7. The van der Waals surface area contributed by atoms with Gasteiger partial charge in [0.25, 0.3) is 0 Å². The molecule has 0 aromatic rings. The van der Waals surface area contributed by atoms with Gasteiger partial charge in [-0.05, 0) is 18.8 Å². The van der Waals surface area contributed by atoms with Crippen LogP contribution in [0.3, 0.4) is 0 Å². The average molecular weight is 321 g/mol. The highest BCUT2D eigenvalue weighted by Crippen LogP contribution is 2.20. The summed E-state index contributed by atoms with van der Waals surface area (Å²) in [5, 5.41) is 3.04. The Morgan fingerprint density at radius 3 is 2.87 bits per heavy atom. The van der Waals surface area contributed by atoms with Crippen LogP contribution in [0.1, 0.15) is 25.7 Å². The van der Waals surface area contributed by atoms with E-state index in [0.717, 1.165) is 52.2 Å². The summed E-state index contributed by atoms with van der Waals surface area (Å²) in [5.41, 5.74) is 0. The van der Waals surface area contributed by atoms with E-state index in [4.69, 9.17) is 4.74 Å². The molecule has 2 aliphatic heterocycles. The van der Waals surface area contributed by atoms with E-state index >= 15 is 0 Å². The van der Waals surface area contributed by atoms with Crippen molar-refractivity contribution in [1.29, 1.82) is 0 Å². The second kappa shape index (κ2) is 7.93. The topological polar surface area (TPSA) is 61.9 Å². The first-order valence-corrected chi connectivity index (χ1v) is 8.74. The number of likely N-dealkylation sites (tertiary alicyclic amines) is 1. The highest BCUT2D eigenvalue weighted by Gasteiger charge is 2.31. The van der Waals surface area contributed by atoms with Crippen LogP contribution in [0, 0.1) is 5.92 Å². The number of allylic oxidation sites excluding steroid dienone is 2. The summed E-state index contributed by atoms with van der Waals surface area (Å²) in [5.74, 6) is 0.614. The van der Waals surface area contributed by atoms with E-state index in [-0.39, 0.29) is 17.9 Å². The Balaban J connectivity index is 1.38. The first-order chi connectivity index (χ1) is 11.2. The molecule has 1 N–H and O–H groups in total. The molecule has 0 saturated carbocycles. The number of rotatable bonds is 6. The third-order valence-electron chi connectivity index (χ3n) is 4.93. The maximum absolute atomic E-state index is 12.1. The third kappa shape index (κ3) is 4.78. The zero-order chi connectivity index (χ0) is 16.1. The Bertz CT molecular complexity index is 460. The molecule has 0 aromatic carbocycles. The van der Waals surface area contributed by atoms with E-state index in [1.165, 1.54) is 0 Å². The summed E-state index contributed by atoms with van der Waals surface area (Å²) >= 11 is 0. The fraction of sp³-hybridized carbons (Fsp3) is 0.765. The van der Waals surface area contributed by atoms with Gasteiger partial charge in [0.05, 0.1) is 19.3 Å². The molecule has 2 fully saturated rings. The van der Waals surface area contributed by atoms with Crippen LogP contribution < -0.4 is 5.32 Å². The second-order valence-electron chi connectivity index (χ2n) is 6.73. The minimum atomic E-state index is -0.0231. The normalized spacial score (nSPS) is 28.5. The highest BCUT2D eigenvalue weighted by molar-refractivity contribution is 5.82. The molecular weight excluding hydrogens is 294 g/mol. The van der Waals surface area contributed by atoms with Crippen LogP contribution in [-0.4, -0.2) is 73.6 Å². The summed E-state index contributed by atoms with van der Waals surface area (Å²) < 4.78 is 5.33. The number of nitrogens with zero attached hydrogens (tertiary/aromatic N) is 2. The molecule has 1 aliphatic carbocycles. The molecule has 0 aromatic heterocycles. The molecular formula is C17H27N3O3. The predicted molar refractivity (Wildman–Crippen MR) is 86.9 cm³/mol. The van der Waals surface area contributed by atoms with Gasteiger partial charge in [-0.25, -0.2) is 0 Å². The van der Waals surface area contributed by atoms with Gasteiger partial charge in [0.1, 0.15) is 0 Å². The summed E-state index contributed by atoms with van der Waals surface area (Å²) in [7, 11) is 0. The molecule has 128 valence electrons. The minimum Gasteiger partial charge on any atom is -0.379 e. The van der Waals surface area contributed by atoms with Crippen molar-refractivity contribution in [3.05, 3.63) is 12.2 Å². The van der Waals surface area contributed by atoms with Gasteiger partial charge in [-0.3, -0.25) is 14.5 Å². The number of carbonyl (C=O) groups is 2. The van der Waals surface area contributed by atoms with E-state index in [1.54, 1.807) is 0 Å². The van der Waals surface area contributed by atoms with Crippen LogP contribution in [0.5, 0.6) is 0 Å². The molecule has 2 atom stereocenters. The lowest BCUT2D eigenvalue weighted by atomic mass is 10.0. The van der Waals surface area contributed by atoms with Gasteiger partial charge in [0.2, 0.25) is 11.8 Å². The quantitative estimate of drug-likeness (QED) is 0.719. The Morgan fingerprint density at radius 2 is 2.13 bits per heavy atom. The number of hydrogen-bond acceptors (Lipinski definition) is 4. The standard InChI is InChI=1S/C17H27N3O3/c21-16(11-14-3-1-2-4-14)18-15-12-17(22)20(13-15)6-5-19-7-9-23-10-8-19/h1,3,14-15H,2,4-13H2,(H,18,21). The van der Waals surface area contributed by atoms with Crippen molar-refractivity contribution in [2.45, 2.75) is 31.7 Å². The van der Waals surface area contributed by atoms with E-state index in [0.29, 0.717) is 25.3 Å². The van der Waals surface area contributed by atoms with Crippen LogP contribution in [0.4, 0.5) is 0 Å². The third-order valence-corrected chi connectivity index (χ3v) is 4.93. The Hall–Kier alpha value is -1.40. The number of ether oxygens (including phenoxy) is 1. The lowest BCUT2D eigenvalue weighted by molar-refractivity contribution is -0.128. The number of amides is 2. The lowest BCUT2D eigenvalue weighted by Gasteiger charge is -2.28. The van der Waals surface area contributed by atoms with Gasteiger partial charge in [-0.2, -0.15) is 0 Å². The van der Waals surface area contributed by atoms with E-state index in [1.807, 2.05) is 4.90 Å². The summed E-state index contributed by atoms with van der Waals surface area (Å²) in [6.07, 6.45) is 7.42. The van der Waals surface area contributed by atoms with Crippen molar-refractivity contribution in [3.63, 3.8) is 0 Å². The fourth-order valence-corrected chi connectivity index (χ4v) is 3.56. The van der Waals surface area contributed by atoms with Crippen molar-refractivity contribution >= 4 is 11.8 Å². The maximum atomic E-state index is 12.1. The van der Waals surface area contributed by atoms with Crippen LogP contribution in [0.15, 0.2) is 12.2 Å². The summed E-state index contributed by atoms with van der Waals surface area (Å²) in [4.78, 5) is 28.4. The maximum Gasteiger partial charge on any atom is 0.224 e. The van der Waals surface area contributed by atoms with E-state index < -0.39 is 0 Å². The van der Waals surface area contributed by atoms with Crippen molar-refractivity contribution in [2.75, 3.05) is 45.9 Å². The molecule has 3 rings (SSSR count). The van der Waals surface area contributed by atoms with Crippen LogP contribution in [-0.2, 0) is 14.3 Å². The zero-order valence-corrected chi connectivity index (χ0v) is 13.7. The molecule has 6 nitrogen and oxygen atoms in total. The molecule has 2 amide bonds. The van der Waals surface area contributed by atoms with Gasteiger partial charge >= 0.3 is 0 Å². The molecule has 2 unspecified atom stereocenters. The van der Waals surface area contributed by atoms with Gasteiger partial charge in [0, 0.05) is 45.6 Å². The first kappa shape index (κ1) is 16.5. The van der Waals surface area contributed by atoms with Crippen LogP contribution in [0.25, 0.3) is 0 Å². The number of hydrogen-bond donors (Lipinski definition) is 1. The molecule has 3 aliphatic rings. The summed E-state index contributed by atoms with van der Waals surface area (Å²) in [6, 6.07) is -0.0231. The molecule has 6 heteroatoms. The van der Waals surface area contributed by atoms with Crippen LogP contribution in [0.2, 0.25) is 0 Å². The van der Waals surface area contributed by atoms with Gasteiger partial charge in [0.15, 0.2) is 0 Å². The molecule has 2 heterocycles. The predicted octanol–water partition coefficient (Wildman–Crippen LogP) is 0.392. The van der Waals surface area contributed by atoms with Gasteiger partial charge in [-0.1, -0.05) is 12.2 Å². The molecule has 0 spiro atoms.